The number of rotatable bonds is 1. The molecular weight excluding hydrogens is 206 g/mol. The molecular formula is C8H13NO2S2. The van der Waals surface area contributed by atoms with E-state index >= 15 is 0 Å². The van der Waals surface area contributed by atoms with Gasteiger partial charge in [0.05, 0.1) is 4.87 Å². The molecule has 13 heavy (non-hydrogen) atoms. The van der Waals surface area contributed by atoms with Crippen molar-refractivity contribution in [1.82, 2.24) is 5.32 Å². The smallest absolute Gasteiger partial charge is 0.321 e. The Hall–Kier alpha value is 0.130. The molecule has 74 valence electrons. The Kier molecular flexibility index (Phi) is 2.51. The lowest BCUT2D eigenvalue weighted by atomic mass is 10.1. The van der Waals surface area contributed by atoms with Gasteiger partial charge in [0.25, 0.3) is 0 Å². The second-order valence-corrected chi connectivity index (χ2v) is 6.50. The molecule has 2 rings (SSSR count). The molecule has 3 nitrogen and oxygen atoms in total. The zero-order valence-corrected chi connectivity index (χ0v) is 9.08. The minimum absolute atomic E-state index is 0.0626. The van der Waals surface area contributed by atoms with E-state index in [4.69, 9.17) is 5.11 Å². The van der Waals surface area contributed by atoms with Crippen LogP contribution >= 0.6 is 23.5 Å². The first-order valence-corrected chi connectivity index (χ1v) is 6.41. The molecule has 0 aromatic carbocycles. The molecule has 0 aliphatic carbocycles. The van der Waals surface area contributed by atoms with Gasteiger partial charge in [0, 0.05) is 16.8 Å². The normalized spacial score (nSPS) is 44.4. The van der Waals surface area contributed by atoms with Crippen LogP contribution in [0.15, 0.2) is 0 Å². The maximum absolute atomic E-state index is 10.7. The summed E-state index contributed by atoms with van der Waals surface area (Å²) in [6, 6.07) is -0.337. The fraction of sp³-hybridized carbons (Fsp3) is 0.875. The average molecular weight is 219 g/mol. The Morgan fingerprint density at radius 1 is 1.69 bits per heavy atom. The van der Waals surface area contributed by atoms with Crippen LogP contribution in [-0.4, -0.2) is 38.7 Å². The van der Waals surface area contributed by atoms with Gasteiger partial charge in [0.2, 0.25) is 0 Å². The second-order valence-electron chi connectivity index (χ2n) is 3.67. The molecule has 2 fully saturated rings. The highest BCUT2D eigenvalue weighted by Gasteiger charge is 2.46. The topological polar surface area (TPSA) is 49.3 Å². The molecule has 0 radical (unpaired) electrons. The highest BCUT2D eigenvalue weighted by Crippen LogP contribution is 2.45. The predicted molar refractivity (Wildman–Crippen MR) is 56.3 cm³/mol. The van der Waals surface area contributed by atoms with Gasteiger partial charge in [-0.1, -0.05) is 6.92 Å². The number of hydrogen-bond acceptors (Lipinski definition) is 4. The highest BCUT2D eigenvalue weighted by atomic mass is 32.2. The monoisotopic (exact) mass is 219 g/mol. The summed E-state index contributed by atoms with van der Waals surface area (Å²) in [5, 5.41) is 12.7. The number of carbonyl (C=O) groups is 1. The number of carboxylic acid groups (broad SMARTS) is 1. The third kappa shape index (κ3) is 1.82. The quantitative estimate of drug-likeness (QED) is 0.689. The van der Waals surface area contributed by atoms with Crippen molar-refractivity contribution in [2.75, 3.05) is 11.5 Å². The molecule has 0 aromatic heterocycles. The standard InChI is InChI=1S/C8H13NO2S2/c1-5-2-8(4-12-5)9-6(3-13-8)7(10)11/h5-6,9H,2-4H2,1H3,(H,10,11)/t5?,6-,8?/m1/s1. The Bertz CT molecular complexity index is 236. The zero-order chi connectivity index (χ0) is 9.47. The number of hydrogen-bond donors (Lipinski definition) is 2. The van der Waals surface area contributed by atoms with E-state index in [-0.39, 0.29) is 10.9 Å². The van der Waals surface area contributed by atoms with Gasteiger partial charge < -0.3 is 5.11 Å². The summed E-state index contributed by atoms with van der Waals surface area (Å²) in [5.41, 5.74) is 0. The van der Waals surface area contributed by atoms with Crippen molar-refractivity contribution in [3.63, 3.8) is 0 Å². The first-order valence-electron chi connectivity index (χ1n) is 4.37. The van der Waals surface area contributed by atoms with Crippen molar-refractivity contribution in [2.45, 2.75) is 29.5 Å². The van der Waals surface area contributed by atoms with Gasteiger partial charge in [-0.25, -0.2) is 0 Å². The lowest BCUT2D eigenvalue weighted by Crippen LogP contribution is -2.45. The maximum Gasteiger partial charge on any atom is 0.321 e. The summed E-state index contributed by atoms with van der Waals surface area (Å²) < 4.78 is 0. The molecule has 5 heteroatoms. The van der Waals surface area contributed by atoms with Crippen LogP contribution in [0.2, 0.25) is 0 Å². The summed E-state index contributed by atoms with van der Waals surface area (Å²) >= 11 is 3.71. The van der Waals surface area contributed by atoms with Gasteiger partial charge in [-0.15, -0.1) is 11.8 Å². The first-order chi connectivity index (χ1) is 6.11. The number of nitrogens with one attached hydrogen (secondary N) is 1. The van der Waals surface area contributed by atoms with Gasteiger partial charge in [-0.3, -0.25) is 10.1 Å². The molecule has 2 unspecified atom stereocenters. The van der Waals surface area contributed by atoms with E-state index in [9.17, 15) is 4.79 Å². The Balaban J connectivity index is 2.01. The van der Waals surface area contributed by atoms with Crippen molar-refractivity contribution in [1.29, 1.82) is 0 Å². The first kappa shape index (κ1) is 9.68. The van der Waals surface area contributed by atoms with Crippen LogP contribution in [0.25, 0.3) is 0 Å². The van der Waals surface area contributed by atoms with Crippen LogP contribution in [0.5, 0.6) is 0 Å². The van der Waals surface area contributed by atoms with E-state index < -0.39 is 5.97 Å². The molecule has 2 heterocycles. The summed E-state index contributed by atoms with van der Waals surface area (Å²) in [7, 11) is 0. The number of carboxylic acids is 1. The largest absolute Gasteiger partial charge is 0.480 e. The molecule has 1 spiro atoms. The van der Waals surface area contributed by atoms with E-state index in [2.05, 4.69) is 12.2 Å². The second kappa shape index (κ2) is 3.37. The van der Waals surface area contributed by atoms with E-state index in [1.807, 2.05) is 11.8 Å². The Morgan fingerprint density at radius 2 is 2.46 bits per heavy atom. The van der Waals surface area contributed by atoms with Gasteiger partial charge in [0.1, 0.15) is 6.04 Å². The molecule has 3 atom stereocenters. The van der Waals surface area contributed by atoms with Gasteiger partial charge in [-0.2, -0.15) is 11.8 Å². The lowest BCUT2D eigenvalue weighted by molar-refractivity contribution is -0.138. The molecule has 0 amide bonds. The molecule has 2 aliphatic rings. The van der Waals surface area contributed by atoms with Crippen molar-refractivity contribution in [3.05, 3.63) is 0 Å². The summed E-state index contributed by atoms with van der Waals surface area (Å²) in [5.74, 6) is 1.04. The SMILES string of the molecule is CC1CC2(CS1)N[C@@H](C(=O)O)CS2. The fourth-order valence-electron chi connectivity index (χ4n) is 1.84. The zero-order valence-electron chi connectivity index (χ0n) is 7.45. The summed E-state index contributed by atoms with van der Waals surface area (Å²) in [4.78, 5) is 10.8. The van der Waals surface area contributed by atoms with E-state index in [0.29, 0.717) is 11.0 Å². The Labute approximate surface area is 86.0 Å². The van der Waals surface area contributed by atoms with Crippen molar-refractivity contribution in [2.24, 2.45) is 0 Å². The fourth-order valence-corrected chi connectivity index (χ4v) is 4.94. The van der Waals surface area contributed by atoms with Crippen molar-refractivity contribution >= 4 is 29.5 Å². The molecule has 0 aromatic rings. The van der Waals surface area contributed by atoms with Crippen LogP contribution in [0.4, 0.5) is 0 Å². The van der Waals surface area contributed by atoms with Crippen LogP contribution < -0.4 is 5.32 Å². The van der Waals surface area contributed by atoms with Crippen molar-refractivity contribution < 1.29 is 9.90 Å². The minimum atomic E-state index is -0.714. The lowest BCUT2D eigenvalue weighted by Gasteiger charge is -2.22. The van der Waals surface area contributed by atoms with Crippen LogP contribution in [-0.2, 0) is 4.79 Å². The van der Waals surface area contributed by atoms with Crippen LogP contribution in [0.1, 0.15) is 13.3 Å². The molecule has 2 N–H and O–H groups in total. The third-order valence-corrected chi connectivity index (χ3v) is 5.54. The Morgan fingerprint density at radius 3 is 2.92 bits per heavy atom. The van der Waals surface area contributed by atoms with Crippen LogP contribution in [0.3, 0.4) is 0 Å². The molecule has 2 aliphatic heterocycles. The van der Waals surface area contributed by atoms with E-state index in [1.165, 1.54) is 0 Å². The average Bonchev–Trinajstić information content (AvgIpc) is 2.61. The predicted octanol–water partition coefficient (Wildman–Crippen LogP) is 0.998. The summed E-state index contributed by atoms with van der Waals surface area (Å²) in [6.45, 7) is 2.20. The van der Waals surface area contributed by atoms with E-state index in [0.717, 1.165) is 12.2 Å². The van der Waals surface area contributed by atoms with Crippen molar-refractivity contribution in [3.8, 4) is 0 Å². The number of aliphatic carboxylic acids is 1. The number of thioether (sulfide) groups is 2. The minimum Gasteiger partial charge on any atom is -0.480 e. The molecule has 0 saturated carbocycles. The summed E-state index contributed by atoms with van der Waals surface area (Å²) in [6.07, 6.45) is 1.09. The molecule has 0 bridgehead atoms. The highest BCUT2D eigenvalue weighted by molar-refractivity contribution is 8.05. The van der Waals surface area contributed by atoms with E-state index in [1.54, 1.807) is 11.8 Å². The van der Waals surface area contributed by atoms with Gasteiger partial charge in [-0.05, 0) is 6.42 Å². The van der Waals surface area contributed by atoms with Crippen LogP contribution in [0, 0.1) is 0 Å². The maximum atomic E-state index is 10.7. The van der Waals surface area contributed by atoms with Gasteiger partial charge >= 0.3 is 5.97 Å². The molecule has 2 saturated heterocycles. The van der Waals surface area contributed by atoms with Gasteiger partial charge in [0.15, 0.2) is 0 Å². The third-order valence-electron chi connectivity index (χ3n) is 2.48.